The van der Waals surface area contributed by atoms with E-state index in [1.54, 1.807) is 43.3 Å². The van der Waals surface area contributed by atoms with Gasteiger partial charge in [-0.1, -0.05) is 35.9 Å². The minimum atomic E-state index is -0.473. The summed E-state index contributed by atoms with van der Waals surface area (Å²) in [6, 6.07) is 11.6. The van der Waals surface area contributed by atoms with Crippen molar-refractivity contribution in [1.29, 1.82) is 0 Å². The Morgan fingerprint density at radius 1 is 1.19 bits per heavy atom. The molecule has 1 aliphatic rings. The lowest BCUT2D eigenvalue weighted by Gasteiger charge is -2.12. The number of aryl methyl sites for hydroxylation is 1. The van der Waals surface area contributed by atoms with E-state index in [1.807, 2.05) is 0 Å². The van der Waals surface area contributed by atoms with Gasteiger partial charge in [-0.15, -0.1) is 0 Å². The van der Waals surface area contributed by atoms with Gasteiger partial charge < -0.3 is 0 Å². The van der Waals surface area contributed by atoms with Crippen molar-refractivity contribution in [2.75, 3.05) is 0 Å². The summed E-state index contributed by atoms with van der Waals surface area (Å²) in [5.41, 5.74) is 1.78. The second kappa shape index (κ2) is 7.31. The van der Waals surface area contributed by atoms with E-state index in [1.165, 1.54) is 12.1 Å². The number of thioether (sulfide) groups is 1. The highest BCUT2D eigenvalue weighted by molar-refractivity contribution is 8.18. The number of hydrogen-bond donors (Lipinski definition) is 0. The minimum Gasteiger partial charge on any atom is -0.268 e. The van der Waals surface area contributed by atoms with Crippen LogP contribution in [-0.2, 0) is 11.3 Å². The van der Waals surface area contributed by atoms with E-state index in [-0.39, 0.29) is 22.4 Å². The molecule has 0 N–H and O–H groups in total. The third kappa shape index (κ3) is 3.79. The molecule has 8 heteroatoms. The first-order valence-electron chi connectivity index (χ1n) is 7.60. The second-order valence-corrected chi connectivity index (χ2v) is 7.13. The molecule has 1 heterocycles. The normalized spacial score (nSPS) is 15.8. The molecule has 2 amide bonds. The molecule has 6 nitrogen and oxygen atoms in total. The average molecular weight is 389 g/mol. The van der Waals surface area contributed by atoms with Crippen LogP contribution in [0, 0.1) is 17.0 Å². The highest BCUT2D eigenvalue weighted by atomic mass is 35.5. The summed E-state index contributed by atoms with van der Waals surface area (Å²) in [6.07, 6.45) is 1.50. The summed E-state index contributed by atoms with van der Waals surface area (Å²) in [7, 11) is 0. The van der Waals surface area contributed by atoms with Gasteiger partial charge in [0.15, 0.2) is 0 Å². The number of halogens is 1. The van der Waals surface area contributed by atoms with Crippen molar-refractivity contribution in [1.82, 2.24) is 4.90 Å². The third-order valence-electron chi connectivity index (χ3n) is 3.86. The molecule has 0 aliphatic carbocycles. The van der Waals surface area contributed by atoms with Crippen LogP contribution in [0.1, 0.15) is 16.7 Å². The van der Waals surface area contributed by atoms with Crippen molar-refractivity contribution in [2.24, 2.45) is 0 Å². The predicted octanol–water partition coefficient (Wildman–Crippen LogP) is 4.79. The number of nitro groups is 1. The fraction of sp³-hybridized carbons (Fsp3) is 0.111. The Bertz CT molecular complexity index is 941. The van der Waals surface area contributed by atoms with Crippen LogP contribution in [0.15, 0.2) is 47.4 Å². The molecule has 0 unspecified atom stereocenters. The van der Waals surface area contributed by atoms with Crippen molar-refractivity contribution in [3.8, 4) is 0 Å². The second-order valence-electron chi connectivity index (χ2n) is 5.70. The molecule has 0 atom stereocenters. The first-order valence-corrected chi connectivity index (χ1v) is 8.79. The summed E-state index contributed by atoms with van der Waals surface area (Å²) in [5, 5.41) is 11.2. The number of imide groups is 1. The van der Waals surface area contributed by atoms with Gasteiger partial charge in [0.05, 0.1) is 16.4 Å². The lowest BCUT2D eigenvalue weighted by molar-refractivity contribution is -0.385. The molecule has 1 fully saturated rings. The van der Waals surface area contributed by atoms with Crippen molar-refractivity contribution >= 4 is 46.3 Å². The molecule has 2 aromatic carbocycles. The lowest BCUT2D eigenvalue weighted by atomic mass is 10.1. The van der Waals surface area contributed by atoms with Gasteiger partial charge in [-0.05, 0) is 48.0 Å². The lowest BCUT2D eigenvalue weighted by Crippen LogP contribution is -2.27. The zero-order chi connectivity index (χ0) is 18.8. The zero-order valence-corrected chi connectivity index (χ0v) is 15.2. The largest absolute Gasteiger partial charge is 0.293 e. The van der Waals surface area contributed by atoms with E-state index in [2.05, 4.69) is 0 Å². The highest BCUT2D eigenvalue weighted by Crippen LogP contribution is 2.34. The Morgan fingerprint density at radius 2 is 1.88 bits per heavy atom. The first kappa shape index (κ1) is 18.2. The van der Waals surface area contributed by atoms with E-state index >= 15 is 0 Å². The highest BCUT2D eigenvalue weighted by Gasteiger charge is 2.35. The Labute approximate surface area is 158 Å². The minimum absolute atomic E-state index is 0.0286. The molecule has 3 rings (SSSR count). The Kier molecular flexibility index (Phi) is 5.11. The number of rotatable bonds is 4. The van der Waals surface area contributed by atoms with Gasteiger partial charge in [0.1, 0.15) is 0 Å². The van der Waals surface area contributed by atoms with Crippen LogP contribution in [0.5, 0.6) is 0 Å². The smallest absolute Gasteiger partial charge is 0.268 e. The van der Waals surface area contributed by atoms with Crippen LogP contribution < -0.4 is 0 Å². The molecule has 1 aliphatic heterocycles. The molecule has 26 heavy (non-hydrogen) atoms. The first-order chi connectivity index (χ1) is 12.3. The summed E-state index contributed by atoms with van der Waals surface area (Å²) < 4.78 is 0. The van der Waals surface area contributed by atoms with Crippen LogP contribution in [-0.4, -0.2) is 21.0 Å². The van der Waals surface area contributed by atoms with E-state index in [4.69, 9.17) is 11.6 Å². The maximum atomic E-state index is 12.5. The molecule has 132 valence electrons. The van der Waals surface area contributed by atoms with Gasteiger partial charge in [0.2, 0.25) is 0 Å². The summed E-state index contributed by atoms with van der Waals surface area (Å²) in [6.45, 7) is 1.79. The number of nitro benzene ring substituents is 1. The molecular formula is C18H13ClN2O4S. The quantitative estimate of drug-likeness (QED) is 0.427. The fourth-order valence-corrected chi connectivity index (χ4v) is 3.44. The fourth-order valence-electron chi connectivity index (χ4n) is 2.47. The van der Waals surface area contributed by atoms with E-state index in [0.29, 0.717) is 16.1 Å². The molecule has 2 aromatic rings. The maximum absolute atomic E-state index is 12.5. The number of carbonyl (C=O) groups is 2. The summed E-state index contributed by atoms with van der Waals surface area (Å²) in [4.78, 5) is 36.7. The third-order valence-corrected chi connectivity index (χ3v) is 5.01. The summed E-state index contributed by atoms with van der Waals surface area (Å²) >= 11 is 6.66. The van der Waals surface area contributed by atoms with Gasteiger partial charge in [-0.3, -0.25) is 24.6 Å². The van der Waals surface area contributed by atoms with Crippen molar-refractivity contribution in [3.05, 3.63) is 79.2 Å². The topological polar surface area (TPSA) is 80.5 Å². The number of hydrogen-bond acceptors (Lipinski definition) is 5. The molecule has 0 saturated carbocycles. The van der Waals surface area contributed by atoms with Gasteiger partial charge >= 0.3 is 0 Å². The van der Waals surface area contributed by atoms with Crippen molar-refractivity contribution < 1.29 is 14.5 Å². The number of carbonyl (C=O) groups excluding carboxylic acids is 2. The molecule has 0 bridgehead atoms. The van der Waals surface area contributed by atoms with Crippen LogP contribution in [0.4, 0.5) is 10.5 Å². The molecule has 0 radical (unpaired) electrons. The van der Waals surface area contributed by atoms with Crippen molar-refractivity contribution in [3.63, 3.8) is 0 Å². The zero-order valence-electron chi connectivity index (χ0n) is 13.6. The van der Waals surface area contributed by atoms with Crippen LogP contribution >= 0.6 is 23.4 Å². The maximum Gasteiger partial charge on any atom is 0.293 e. The van der Waals surface area contributed by atoms with E-state index < -0.39 is 10.8 Å². The number of nitrogens with zero attached hydrogens (tertiary/aromatic N) is 2. The average Bonchev–Trinajstić information content (AvgIpc) is 2.85. The van der Waals surface area contributed by atoms with Crippen molar-refractivity contribution in [2.45, 2.75) is 13.5 Å². The van der Waals surface area contributed by atoms with Gasteiger partial charge in [-0.25, -0.2) is 0 Å². The Hall–Kier alpha value is -2.64. The standard InChI is InChI=1S/C18H13ClN2O4S/c1-11-2-3-13(8-15(11)21(24)25)9-16-17(22)20(18(23)26-16)10-12-4-6-14(19)7-5-12/h2-9H,10H2,1H3/b16-9-. The Morgan fingerprint density at radius 3 is 2.54 bits per heavy atom. The number of benzene rings is 2. The van der Waals surface area contributed by atoms with Crippen LogP contribution in [0.25, 0.3) is 6.08 Å². The molecule has 1 saturated heterocycles. The van der Waals surface area contributed by atoms with E-state index in [9.17, 15) is 19.7 Å². The predicted molar refractivity (Wildman–Crippen MR) is 101 cm³/mol. The Balaban J connectivity index is 1.84. The monoisotopic (exact) mass is 388 g/mol. The van der Waals surface area contributed by atoms with Crippen LogP contribution in [0.2, 0.25) is 5.02 Å². The van der Waals surface area contributed by atoms with E-state index in [0.717, 1.165) is 22.2 Å². The molecule has 0 spiro atoms. The molecule has 0 aromatic heterocycles. The SMILES string of the molecule is Cc1ccc(/C=C2\SC(=O)N(Cc3ccc(Cl)cc3)C2=O)cc1[N+](=O)[O-]. The van der Waals surface area contributed by atoms with Gasteiger partial charge in [-0.2, -0.15) is 0 Å². The van der Waals surface area contributed by atoms with Gasteiger partial charge in [0, 0.05) is 16.7 Å². The van der Waals surface area contributed by atoms with Crippen LogP contribution in [0.3, 0.4) is 0 Å². The number of amides is 2. The van der Waals surface area contributed by atoms with Gasteiger partial charge in [0.25, 0.3) is 16.8 Å². The molecular weight excluding hydrogens is 376 g/mol. The summed E-state index contributed by atoms with van der Waals surface area (Å²) in [5.74, 6) is -0.418.